The molecule has 0 unspecified atom stereocenters. The summed E-state index contributed by atoms with van der Waals surface area (Å²) in [4.78, 5) is 6.83. The van der Waals surface area contributed by atoms with E-state index < -0.39 is 0 Å². The van der Waals surface area contributed by atoms with Crippen molar-refractivity contribution in [2.75, 3.05) is 18.4 Å². The summed E-state index contributed by atoms with van der Waals surface area (Å²) < 4.78 is 0. The van der Waals surface area contributed by atoms with Gasteiger partial charge in [0.15, 0.2) is 5.96 Å². The second kappa shape index (κ2) is 8.03. The molecule has 3 N–H and O–H groups in total. The molecule has 0 aliphatic carbocycles. The molecule has 0 radical (unpaired) electrons. The van der Waals surface area contributed by atoms with E-state index >= 15 is 0 Å². The first-order valence-electron chi connectivity index (χ1n) is 7.71. The molecule has 1 aromatic rings. The van der Waals surface area contributed by atoms with Gasteiger partial charge in [0, 0.05) is 24.3 Å². The van der Waals surface area contributed by atoms with Crippen molar-refractivity contribution in [3.63, 3.8) is 0 Å². The van der Waals surface area contributed by atoms with Gasteiger partial charge >= 0.3 is 0 Å². The van der Waals surface area contributed by atoms with E-state index in [9.17, 15) is 0 Å². The van der Waals surface area contributed by atoms with Crippen molar-refractivity contribution in [3.8, 4) is 0 Å². The molecule has 0 bridgehead atoms. The fourth-order valence-corrected chi connectivity index (χ4v) is 2.41. The summed E-state index contributed by atoms with van der Waals surface area (Å²) in [5, 5.41) is 3.15. The van der Waals surface area contributed by atoms with Crippen LogP contribution in [0.1, 0.15) is 38.8 Å². The standard InChI is InChI=1S/C17H30N4/c1-12(2)21(13(3)4)10-9-19-17(18)20-16-8-7-14(5)15(6)11-16/h7-8,11-13H,9-10H2,1-6H3,(H3,18,19,20). The Morgan fingerprint density at radius 2 is 1.76 bits per heavy atom. The van der Waals surface area contributed by atoms with E-state index in [0.717, 1.165) is 12.2 Å². The monoisotopic (exact) mass is 290 g/mol. The van der Waals surface area contributed by atoms with E-state index in [-0.39, 0.29) is 0 Å². The van der Waals surface area contributed by atoms with Crippen LogP contribution in [0.2, 0.25) is 0 Å². The summed E-state index contributed by atoms with van der Waals surface area (Å²) >= 11 is 0. The maximum absolute atomic E-state index is 5.95. The molecule has 4 heteroatoms. The molecular weight excluding hydrogens is 260 g/mol. The fourth-order valence-electron chi connectivity index (χ4n) is 2.41. The molecule has 0 saturated heterocycles. The second-order valence-electron chi connectivity index (χ2n) is 6.12. The molecule has 0 fully saturated rings. The van der Waals surface area contributed by atoms with Crippen LogP contribution < -0.4 is 11.1 Å². The van der Waals surface area contributed by atoms with Gasteiger partial charge in [-0.2, -0.15) is 0 Å². The third kappa shape index (κ3) is 5.76. The first-order valence-corrected chi connectivity index (χ1v) is 7.71. The van der Waals surface area contributed by atoms with Gasteiger partial charge in [-0.05, 0) is 64.8 Å². The maximum Gasteiger partial charge on any atom is 0.193 e. The molecule has 1 aromatic carbocycles. The normalized spacial score (nSPS) is 12.5. The van der Waals surface area contributed by atoms with Crippen LogP contribution in [0.5, 0.6) is 0 Å². The first kappa shape index (κ1) is 17.5. The number of guanidine groups is 1. The second-order valence-corrected chi connectivity index (χ2v) is 6.12. The number of anilines is 1. The summed E-state index contributed by atoms with van der Waals surface area (Å²) in [6.07, 6.45) is 0. The van der Waals surface area contributed by atoms with E-state index in [4.69, 9.17) is 5.73 Å². The van der Waals surface area contributed by atoms with Crippen molar-refractivity contribution >= 4 is 11.6 Å². The topological polar surface area (TPSA) is 53.6 Å². The average Bonchev–Trinajstić information content (AvgIpc) is 2.38. The molecule has 0 atom stereocenters. The van der Waals surface area contributed by atoms with E-state index in [1.165, 1.54) is 11.1 Å². The Hall–Kier alpha value is -1.55. The zero-order valence-electron chi connectivity index (χ0n) is 14.3. The largest absolute Gasteiger partial charge is 0.370 e. The van der Waals surface area contributed by atoms with Crippen molar-refractivity contribution in [2.45, 2.75) is 53.6 Å². The molecule has 21 heavy (non-hydrogen) atoms. The quantitative estimate of drug-likeness (QED) is 0.625. The van der Waals surface area contributed by atoms with Crippen LogP contribution in [0, 0.1) is 13.8 Å². The Bertz CT molecular complexity index is 470. The Labute approximate surface area is 129 Å². The zero-order valence-corrected chi connectivity index (χ0v) is 14.3. The van der Waals surface area contributed by atoms with Crippen LogP contribution in [0.4, 0.5) is 5.69 Å². The van der Waals surface area contributed by atoms with Gasteiger partial charge in [-0.3, -0.25) is 9.89 Å². The third-order valence-corrected chi connectivity index (χ3v) is 3.75. The molecule has 0 spiro atoms. The Morgan fingerprint density at radius 3 is 2.29 bits per heavy atom. The number of aryl methyl sites for hydroxylation is 2. The number of nitrogens with zero attached hydrogens (tertiary/aromatic N) is 2. The van der Waals surface area contributed by atoms with Gasteiger partial charge in [-0.25, -0.2) is 0 Å². The number of rotatable bonds is 6. The minimum atomic E-state index is 0.478. The number of hydrogen-bond acceptors (Lipinski definition) is 2. The average molecular weight is 290 g/mol. The predicted octanol–water partition coefficient (Wildman–Crippen LogP) is 3.15. The molecule has 118 valence electrons. The van der Waals surface area contributed by atoms with Crippen LogP contribution in [-0.2, 0) is 0 Å². The SMILES string of the molecule is Cc1ccc(NC(N)=NCCN(C(C)C)C(C)C)cc1C. The molecule has 0 saturated carbocycles. The molecule has 0 amide bonds. The van der Waals surface area contributed by atoms with Crippen molar-refractivity contribution in [1.82, 2.24) is 4.90 Å². The minimum absolute atomic E-state index is 0.478. The van der Waals surface area contributed by atoms with Gasteiger partial charge in [0.25, 0.3) is 0 Å². The maximum atomic E-state index is 5.95. The molecule has 0 aliphatic rings. The Morgan fingerprint density at radius 1 is 1.14 bits per heavy atom. The van der Waals surface area contributed by atoms with E-state index in [1.807, 2.05) is 6.07 Å². The number of benzene rings is 1. The summed E-state index contributed by atoms with van der Waals surface area (Å²) in [7, 11) is 0. The lowest BCUT2D eigenvalue weighted by atomic mass is 10.1. The Kier molecular flexibility index (Phi) is 6.69. The van der Waals surface area contributed by atoms with E-state index in [0.29, 0.717) is 24.6 Å². The van der Waals surface area contributed by atoms with Gasteiger partial charge in [-0.1, -0.05) is 6.07 Å². The molecular formula is C17H30N4. The minimum Gasteiger partial charge on any atom is -0.370 e. The molecule has 0 aromatic heterocycles. The van der Waals surface area contributed by atoms with Crippen molar-refractivity contribution in [3.05, 3.63) is 29.3 Å². The van der Waals surface area contributed by atoms with E-state index in [2.05, 4.69) is 68.9 Å². The zero-order chi connectivity index (χ0) is 16.0. The summed E-state index contributed by atoms with van der Waals surface area (Å²) in [5.41, 5.74) is 9.47. The molecule has 1 rings (SSSR count). The fraction of sp³-hybridized carbons (Fsp3) is 0.588. The molecule has 4 nitrogen and oxygen atoms in total. The Balaban J connectivity index is 2.54. The molecule has 0 aliphatic heterocycles. The highest BCUT2D eigenvalue weighted by atomic mass is 15.2. The highest BCUT2D eigenvalue weighted by Gasteiger charge is 2.12. The predicted molar refractivity (Wildman–Crippen MR) is 93.0 cm³/mol. The number of hydrogen-bond donors (Lipinski definition) is 2. The van der Waals surface area contributed by atoms with Gasteiger partial charge in [0.2, 0.25) is 0 Å². The van der Waals surface area contributed by atoms with Gasteiger partial charge in [0.05, 0.1) is 6.54 Å². The summed E-state index contributed by atoms with van der Waals surface area (Å²) in [5.74, 6) is 0.478. The van der Waals surface area contributed by atoms with Crippen molar-refractivity contribution in [2.24, 2.45) is 10.7 Å². The van der Waals surface area contributed by atoms with Gasteiger partial charge < -0.3 is 11.1 Å². The van der Waals surface area contributed by atoms with E-state index in [1.54, 1.807) is 0 Å². The van der Waals surface area contributed by atoms with Gasteiger partial charge in [-0.15, -0.1) is 0 Å². The van der Waals surface area contributed by atoms with Crippen LogP contribution in [-0.4, -0.2) is 36.0 Å². The van der Waals surface area contributed by atoms with Crippen LogP contribution in [0.3, 0.4) is 0 Å². The van der Waals surface area contributed by atoms with Gasteiger partial charge in [0.1, 0.15) is 0 Å². The lowest BCUT2D eigenvalue weighted by molar-refractivity contribution is 0.181. The summed E-state index contributed by atoms with van der Waals surface area (Å²) in [6, 6.07) is 7.25. The van der Waals surface area contributed by atoms with Crippen molar-refractivity contribution in [1.29, 1.82) is 0 Å². The smallest absolute Gasteiger partial charge is 0.193 e. The van der Waals surface area contributed by atoms with Crippen LogP contribution in [0.25, 0.3) is 0 Å². The first-order chi connectivity index (χ1) is 9.81. The van der Waals surface area contributed by atoms with Crippen LogP contribution >= 0.6 is 0 Å². The van der Waals surface area contributed by atoms with Crippen LogP contribution in [0.15, 0.2) is 23.2 Å². The third-order valence-electron chi connectivity index (χ3n) is 3.75. The number of nitrogens with two attached hydrogens (primary N) is 1. The molecule has 0 heterocycles. The number of aliphatic imine (C=N–C) groups is 1. The highest BCUT2D eigenvalue weighted by Crippen LogP contribution is 2.13. The number of nitrogens with one attached hydrogen (secondary N) is 1. The van der Waals surface area contributed by atoms with Crippen molar-refractivity contribution < 1.29 is 0 Å². The highest BCUT2D eigenvalue weighted by molar-refractivity contribution is 5.92. The summed E-state index contributed by atoms with van der Waals surface area (Å²) in [6.45, 7) is 14.7. The lowest BCUT2D eigenvalue weighted by Gasteiger charge is -2.29. The lowest BCUT2D eigenvalue weighted by Crippen LogP contribution is -2.39.